The van der Waals surface area contributed by atoms with E-state index in [9.17, 15) is 8.42 Å². The standard InChI is InChI=1S/C25H28N6O6S/c1-4-37-22-10-5-7-18(26-22)25-27-24-19(31(25)23-20(34-2)8-6-9-21(23)35-3)15-17(28-29-24)16-38(32,33)30-11-13-36-14-12-30/h5-10,15H,4,11-14,16H2,1-3H3. The van der Waals surface area contributed by atoms with E-state index in [-0.39, 0.29) is 11.4 Å². The number of fused-ring (bicyclic) bond motifs is 1. The van der Waals surface area contributed by atoms with Crippen LogP contribution in [0.2, 0.25) is 0 Å². The Balaban J connectivity index is 1.70. The highest BCUT2D eigenvalue weighted by Crippen LogP contribution is 2.38. The zero-order valence-electron chi connectivity index (χ0n) is 21.3. The van der Waals surface area contributed by atoms with Crippen molar-refractivity contribution in [2.45, 2.75) is 12.7 Å². The average molecular weight is 541 g/mol. The van der Waals surface area contributed by atoms with E-state index in [1.165, 1.54) is 4.31 Å². The van der Waals surface area contributed by atoms with Crippen molar-refractivity contribution in [3.63, 3.8) is 0 Å². The summed E-state index contributed by atoms with van der Waals surface area (Å²) in [6, 6.07) is 12.5. The van der Waals surface area contributed by atoms with E-state index >= 15 is 0 Å². The van der Waals surface area contributed by atoms with Crippen LogP contribution in [0.15, 0.2) is 42.5 Å². The first-order chi connectivity index (χ1) is 18.4. The van der Waals surface area contributed by atoms with Crippen molar-refractivity contribution in [1.82, 2.24) is 29.0 Å². The number of pyridine rings is 1. The van der Waals surface area contributed by atoms with Crippen LogP contribution < -0.4 is 14.2 Å². The summed E-state index contributed by atoms with van der Waals surface area (Å²) in [5.41, 5.74) is 2.19. The molecular weight excluding hydrogens is 512 g/mol. The number of benzene rings is 1. The lowest BCUT2D eigenvalue weighted by Gasteiger charge is -2.25. The molecule has 12 nitrogen and oxygen atoms in total. The molecular formula is C25H28N6O6S. The van der Waals surface area contributed by atoms with Gasteiger partial charge in [-0.25, -0.2) is 18.4 Å². The molecule has 0 bridgehead atoms. The zero-order valence-corrected chi connectivity index (χ0v) is 22.1. The molecule has 1 fully saturated rings. The summed E-state index contributed by atoms with van der Waals surface area (Å²) in [4.78, 5) is 9.34. The number of sulfonamides is 1. The summed E-state index contributed by atoms with van der Waals surface area (Å²) < 4.78 is 51.6. The minimum atomic E-state index is -3.62. The molecule has 1 aliphatic heterocycles. The van der Waals surface area contributed by atoms with Crippen molar-refractivity contribution in [2.24, 2.45) is 0 Å². The van der Waals surface area contributed by atoms with Gasteiger partial charge >= 0.3 is 0 Å². The first-order valence-electron chi connectivity index (χ1n) is 12.1. The number of para-hydroxylation sites is 1. The van der Waals surface area contributed by atoms with Gasteiger partial charge in [0.1, 0.15) is 28.6 Å². The maximum atomic E-state index is 13.1. The van der Waals surface area contributed by atoms with Crippen LogP contribution >= 0.6 is 0 Å². The van der Waals surface area contributed by atoms with Crippen LogP contribution in [-0.4, -0.2) is 84.6 Å². The summed E-state index contributed by atoms with van der Waals surface area (Å²) in [5, 5.41) is 8.47. The number of morpholine rings is 1. The molecule has 0 spiro atoms. The van der Waals surface area contributed by atoms with Gasteiger partial charge in [0.15, 0.2) is 5.82 Å². The number of aromatic nitrogens is 5. The normalized spacial score (nSPS) is 14.5. The topological polar surface area (TPSA) is 131 Å². The lowest BCUT2D eigenvalue weighted by Crippen LogP contribution is -2.41. The summed E-state index contributed by atoms with van der Waals surface area (Å²) in [7, 11) is -0.501. The molecule has 0 atom stereocenters. The highest BCUT2D eigenvalue weighted by Gasteiger charge is 2.27. The lowest BCUT2D eigenvalue weighted by molar-refractivity contribution is 0.0729. The van der Waals surface area contributed by atoms with Crippen molar-refractivity contribution in [1.29, 1.82) is 0 Å². The molecule has 4 heterocycles. The van der Waals surface area contributed by atoms with E-state index in [0.29, 0.717) is 78.7 Å². The fourth-order valence-electron chi connectivity index (χ4n) is 4.31. The van der Waals surface area contributed by atoms with Gasteiger partial charge in [-0.2, -0.15) is 9.40 Å². The van der Waals surface area contributed by atoms with E-state index < -0.39 is 10.0 Å². The fourth-order valence-corrected chi connectivity index (χ4v) is 5.72. The van der Waals surface area contributed by atoms with Crippen LogP contribution in [0, 0.1) is 0 Å². The van der Waals surface area contributed by atoms with Gasteiger partial charge in [-0.05, 0) is 31.2 Å². The number of ether oxygens (including phenoxy) is 4. The average Bonchev–Trinajstić information content (AvgIpc) is 3.31. The summed E-state index contributed by atoms with van der Waals surface area (Å²) in [6.45, 7) is 3.68. The maximum Gasteiger partial charge on any atom is 0.220 e. The molecule has 3 aromatic heterocycles. The van der Waals surface area contributed by atoms with Crippen molar-refractivity contribution in [3.05, 3.63) is 48.2 Å². The molecule has 0 unspecified atom stereocenters. The van der Waals surface area contributed by atoms with Gasteiger partial charge < -0.3 is 18.9 Å². The molecule has 5 rings (SSSR count). The van der Waals surface area contributed by atoms with Crippen molar-refractivity contribution >= 4 is 21.2 Å². The van der Waals surface area contributed by atoms with Gasteiger partial charge in [0.2, 0.25) is 21.6 Å². The third-order valence-corrected chi connectivity index (χ3v) is 7.85. The summed E-state index contributed by atoms with van der Waals surface area (Å²) in [6.07, 6.45) is 0. The Bertz CT molecular complexity index is 1530. The molecule has 0 radical (unpaired) electrons. The van der Waals surface area contributed by atoms with E-state index in [1.54, 1.807) is 49.1 Å². The molecule has 0 amide bonds. The predicted molar refractivity (Wildman–Crippen MR) is 139 cm³/mol. The van der Waals surface area contributed by atoms with Crippen LogP contribution in [0.5, 0.6) is 17.4 Å². The highest BCUT2D eigenvalue weighted by molar-refractivity contribution is 7.88. The van der Waals surface area contributed by atoms with Gasteiger partial charge in [0.05, 0.1) is 45.3 Å². The van der Waals surface area contributed by atoms with Crippen molar-refractivity contribution < 1.29 is 27.4 Å². The monoisotopic (exact) mass is 540 g/mol. The summed E-state index contributed by atoms with van der Waals surface area (Å²) in [5.74, 6) is 1.61. The maximum absolute atomic E-state index is 13.1. The van der Waals surface area contributed by atoms with Crippen molar-refractivity contribution in [2.75, 3.05) is 47.1 Å². The van der Waals surface area contributed by atoms with Crippen molar-refractivity contribution in [3.8, 4) is 34.6 Å². The Morgan fingerprint density at radius 1 is 0.974 bits per heavy atom. The molecule has 0 aliphatic carbocycles. The Morgan fingerprint density at radius 2 is 1.68 bits per heavy atom. The molecule has 13 heteroatoms. The van der Waals surface area contributed by atoms with E-state index in [0.717, 1.165) is 0 Å². The molecule has 1 saturated heterocycles. The molecule has 38 heavy (non-hydrogen) atoms. The van der Waals surface area contributed by atoms with Crippen LogP contribution in [0.4, 0.5) is 0 Å². The Labute approximate surface area is 220 Å². The van der Waals surface area contributed by atoms with E-state index in [4.69, 9.17) is 23.9 Å². The second-order valence-electron chi connectivity index (χ2n) is 8.39. The number of hydrogen-bond donors (Lipinski definition) is 0. The molecule has 0 N–H and O–H groups in total. The van der Waals surface area contributed by atoms with E-state index in [2.05, 4.69) is 15.2 Å². The van der Waals surface area contributed by atoms with Gasteiger partial charge in [-0.15, -0.1) is 5.10 Å². The molecule has 1 aromatic carbocycles. The number of imidazole rings is 1. The first kappa shape index (κ1) is 25.8. The minimum absolute atomic E-state index is 0.279. The van der Waals surface area contributed by atoms with Gasteiger partial charge in [0.25, 0.3) is 0 Å². The lowest BCUT2D eigenvalue weighted by atomic mass is 10.2. The number of methoxy groups -OCH3 is 2. The quantitative estimate of drug-likeness (QED) is 0.312. The molecule has 0 saturated carbocycles. The predicted octanol–water partition coefficient (Wildman–Crippen LogP) is 2.46. The SMILES string of the molecule is CCOc1cccc(-c2nc3nnc(CS(=O)(=O)N4CCOCC4)cc3n2-c2c(OC)cccc2OC)n1. The second kappa shape index (κ2) is 10.9. The second-order valence-corrected chi connectivity index (χ2v) is 10.4. The number of rotatable bonds is 9. The molecule has 200 valence electrons. The van der Waals surface area contributed by atoms with Gasteiger partial charge in [-0.3, -0.25) is 4.57 Å². The molecule has 1 aliphatic rings. The zero-order chi connectivity index (χ0) is 26.7. The number of hydrogen-bond acceptors (Lipinski definition) is 10. The number of nitrogens with zero attached hydrogens (tertiary/aromatic N) is 6. The first-order valence-corrected chi connectivity index (χ1v) is 13.7. The van der Waals surface area contributed by atoms with Crippen LogP contribution in [-0.2, 0) is 20.5 Å². The summed E-state index contributed by atoms with van der Waals surface area (Å²) >= 11 is 0. The molecule has 4 aromatic rings. The third-order valence-electron chi connectivity index (χ3n) is 6.03. The minimum Gasteiger partial charge on any atom is -0.494 e. The Morgan fingerprint density at radius 3 is 2.37 bits per heavy atom. The van der Waals surface area contributed by atoms with E-state index in [1.807, 2.05) is 19.1 Å². The Hall–Kier alpha value is -3.81. The Kier molecular flexibility index (Phi) is 7.40. The van der Waals surface area contributed by atoms with Gasteiger partial charge in [0, 0.05) is 19.2 Å². The van der Waals surface area contributed by atoms with Gasteiger partial charge in [-0.1, -0.05) is 12.1 Å². The smallest absolute Gasteiger partial charge is 0.220 e. The fraction of sp³-hybridized carbons (Fsp3) is 0.360. The van der Waals surface area contributed by atoms with Crippen LogP contribution in [0.25, 0.3) is 28.4 Å². The third kappa shape index (κ3) is 4.99. The largest absolute Gasteiger partial charge is 0.494 e. The van der Waals surface area contributed by atoms with Crippen LogP contribution in [0.1, 0.15) is 12.6 Å². The van der Waals surface area contributed by atoms with Crippen LogP contribution in [0.3, 0.4) is 0 Å². The highest BCUT2D eigenvalue weighted by atomic mass is 32.2.